The lowest BCUT2D eigenvalue weighted by Crippen LogP contribution is -1.87. The molecule has 3 nitrogen and oxygen atoms in total. The van der Waals surface area contributed by atoms with Crippen molar-refractivity contribution in [3.05, 3.63) is 22.8 Å². The van der Waals surface area contributed by atoms with Crippen LogP contribution < -0.4 is 9.47 Å². The van der Waals surface area contributed by atoms with Crippen molar-refractivity contribution in [1.82, 2.24) is 4.98 Å². The van der Waals surface area contributed by atoms with E-state index in [-0.39, 0.29) is 0 Å². The highest BCUT2D eigenvalue weighted by Gasteiger charge is 2.11. The summed E-state index contributed by atoms with van der Waals surface area (Å²) in [5.74, 6) is 1.64. The van der Waals surface area contributed by atoms with E-state index < -0.39 is 0 Å². The number of rotatable bonds is 2. The van der Waals surface area contributed by atoms with Gasteiger partial charge in [0.25, 0.3) is 0 Å². The molecule has 0 aliphatic heterocycles. The highest BCUT2D eigenvalue weighted by molar-refractivity contribution is 9.10. The Kier molecular flexibility index (Phi) is 2.37. The molecule has 0 saturated carbocycles. The smallest absolute Gasteiger partial charge is 0.143 e. The second kappa shape index (κ2) is 3.53. The van der Waals surface area contributed by atoms with Crippen LogP contribution in [0.25, 0.3) is 10.9 Å². The first-order valence-corrected chi connectivity index (χ1v) is 4.94. The van der Waals surface area contributed by atoms with Crippen LogP contribution in [-0.4, -0.2) is 19.2 Å². The third-order valence-electron chi connectivity index (χ3n) is 2.15. The maximum absolute atomic E-state index is 5.26. The van der Waals surface area contributed by atoms with Gasteiger partial charge in [-0.3, -0.25) is 0 Å². The standard InChI is InChI=1S/C10H10BrNO2/c1-13-7-3-4-8(14-2)10-9(7)6(11)5-12-10/h3-5,12H,1-2H3. The van der Waals surface area contributed by atoms with E-state index >= 15 is 0 Å². The Hall–Kier alpha value is -1.16. The van der Waals surface area contributed by atoms with Gasteiger partial charge in [0.2, 0.25) is 0 Å². The molecule has 74 valence electrons. The van der Waals surface area contributed by atoms with E-state index in [0.29, 0.717) is 0 Å². The summed E-state index contributed by atoms with van der Waals surface area (Å²) < 4.78 is 11.5. The lowest BCUT2D eigenvalue weighted by Gasteiger charge is -2.05. The van der Waals surface area contributed by atoms with Crippen molar-refractivity contribution in [2.75, 3.05) is 14.2 Å². The molecule has 0 radical (unpaired) electrons. The predicted molar refractivity (Wildman–Crippen MR) is 59.1 cm³/mol. The molecule has 2 aromatic rings. The van der Waals surface area contributed by atoms with Gasteiger partial charge in [0.05, 0.1) is 25.1 Å². The van der Waals surface area contributed by atoms with Crippen LogP contribution >= 0.6 is 15.9 Å². The minimum absolute atomic E-state index is 0.812. The number of benzene rings is 1. The maximum Gasteiger partial charge on any atom is 0.143 e. The number of nitrogens with one attached hydrogen (secondary N) is 1. The van der Waals surface area contributed by atoms with Gasteiger partial charge in [0, 0.05) is 10.7 Å². The molecule has 0 unspecified atom stereocenters. The summed E-state index contributed by atoms with van der Waals surface area (Å²) in [6.45, 7) is 0. The number of hydrogen-bond acceptors (Lipinski definition) is 2. The van der Waals surface area contributed by atoms with Gasteiger partial charge in [-0.15, -0.1) is 0 Å². The number of methoxy groups -OCH3 is 2. The Balaban J connectivity index is 2.81. The van der Waals surface area contributed by atoms with Crippen molar-refractivity contribution in [3.63, 3.8) is 0 Å². The normalized spacial score (nSPS) is 10.5. The molecule has 0 amide bonds. The van der Waals surface area contributed by atoms with E-state index in [1.807, 2.05) is 18.3 Å². The van der Waals surface area contributed by atoms with Gasteiger partial charge in [-0.2, -0.15) is 0 Å². The number of fused-ring (bicyclic) bond motifs is 1. The first-order valence-electron chi connectivity index (χ1n) is 4.15. The van der Waals surface area contributed by atoms with Gasteiger partial charge in [-0.25, -0.2) is 0 Å². The number of halogens is 1. The third-order valence-corrected chi connectivity index (χ3v) is 2.78. The summed E-state index contributed by atoms with van der Waals surface area (Å²) in [4.78, 5) is 3.13. The van der Waals surface area contributed by atoms with E-state index in [2.05, 4.69) is 20.9 Å². The van der Waals surface area contributed by atoms with Gasteiger partial charge in [-0.05, 0) is 28.1 Å². The average Bonchev–Trinajstić information content (AvgIpc) is 2.60. The molecular formula is C10H10BrNO2. The third kappa shape index (κ3) is 1.26. The van der Waals surface area contributed by atoms with Crippen molar-refractivity contribution in [1.29, 1.82) is 0 Å². The summed E-state index contributed by atoms with van der Waals surface area (Å²) in [5.41, 5.74) is 0.943. The fraction of sp³-hybridized carbons (Fsp3) is 0.200. The summed E-state index contributed by atoms with van der Waals surface area (Å²) in [5, 5.41) is 1.01. The maximum atomic E-state index is 5.26. The molecule has 1 aromatic heterocycles. The second-order valence-electron chi connectivity index (χ2n) is 2.86. The molecule has 0 atom stereocenters. The van der Waals surface area contributed by atoms with Crippen LogP contribution in [0.3, 0.4) is 0 Å². The Labute approximate surface area is 90.1 Å². The monoisotopic (exact) mass is 255 g/mol. The zero-order valence-electron chi connectivity index (χ0n) is 7.93. The van der Waals surface area contributed by atoms with Gasteiger partial charge < -0.3 is 14.5 Å². The Bertz CT molecular complexity index is 464. The molecule has 0 saturated heterocycles. The van der Waals surface area contributed by atoms with E-state index in [4.69, 9.17) is 9.47 Å². The van der Waals surface area contributed by atoms with E-state index in [1.54, 1.807) is 14.2 Å². The topological polar surface area (TPSA) is 34.2 Å². The van der Waals surface area contributed by atoms with Gasteiger partial charge >= 0.3 is 0 Å². The van der Waals surface area contributed by atoms with Gasteiger partial charge in [0.15, 0.2) is 0 Å². The lowest BCUT2D eigenvalue weighted by atomic mass is 10.2. The zero-order chi connectivity index (χ0) is 10.1. The molecule has 0 bridgehead atoms. The van der Waals surface area contributed by atoms with E-state index in [1.165, 1.54) is 0 Å². The molecule has 2 rings (SSSR count). The Morgan fingerprint density at radius 1 is 1.14 bits per heavy atom. The molecule has 1 aromatic carbocycles. The Morgan fingerprint density at radius 2 is 1.79 bits per heavy atom. The van der Waals surface area contributed by atoms with Gasteiger partial charge in [-0.1, -0.05) is 0 Å². The molecule has 1 N–H and O–H groups in total. The van der Waals surface area contributed by atoms with Crippen molar-refractivity contribution < 1.29 is 9.47 Å². The molecule has 0 spiro atoms. The fourth-order valence-corrected chi connectivity index (χ4v) is 2.00. The number of hydrogen-bond donors (Lipinski definition) is 1. The zero-order valence-corrected chi connectivity index (χ0v) is 9.51. The predicted octanol–water partition coefficient (Wildman–Crippen LogP) is 2.95. The van der Waals surface area contributed by atoms with E-state index in [0.717, 1.165) is 26.9 Å². The summed E-state index contributed by atoms with van der Waals surface area (Å²) in [6.07, 6.45) is 1.87. The highest BCUT2D eigenvalue weighted by atomic mass is 79.9. The minimum Gasteiger partial charge on any atom is -0.496 e. The molecule has 14 heavy (non-hydrogen) atoms. The van der Waals surface area contributed by atoms with Crippen LogP contribution in [0, 0.1) is 0 Å². The Morgan fingerprint density at radius 3 is 2.43 bits per heavy atom. The van der Waals surface area contributed by atoms with Crippen LogP contribution in [0.1, 0.15) is 0 Å². The van der Waals surface area contributed by atoms with Crippen molar-refractivity contribution in [2.45, 2.75) is 0 Å². The number of aromatic amines is 1. The minimum atomic E-state index is 0.812. The quantitative estimate of drug-likeness (QED) is 0.896. The second-order valence-corrected chi connectivity index (χ2v) is 3.71. The summed E-state index contributed by atoms with van der Waals surface area (Å²) in [6, 6.07) is 3.77. The number of H-pyrrole nitrogens is 1. The first kappa shape index (κ1) is 9.40. The molecule has 1 heterocycles. The van der Waals surface area contributed by atoms with Crippen LogP contribution in [0.5, 0.6) is 11.5 Å². The number of aromatic nitrogens is 1. The molecule has 0 aliphatic rings. The molecule has 0 aliphatic carbocycles. The van der Waals surface area contributed by atoms with Crippen LogP contribution in [0.4, 0.5) is 0 Å². The summed E-state index contributed by atoms with van der Waals surface area (Å²) >= 11 is 3.46. The van der Waals surface area contributed by atoms with Crippen LogP contribution in [-0.2, 0) is 0 Å². The van der Waals surface area contributed by atoms with Gasteiger partial charge in [0.1, 0.15) is 11.5 Å². The largest absolute Gasteiger partial charge is 0.496 e. The van der Waals surface area contributed by atoms with Crippen molar-refractivity contribution in [3.8, 4) is 11.5 Å². The van der Waals surface area contributed by atoms with Crippen molar-refractivity contribution in [2.24, 2.45) is 0 Å². The van der Waals surface area contributed by atoms with E-state index in [9.17, 15) is 0 Å². The fourth-order valence-electron chi connectivity index (χ4n) is 1.49. The van der Waals surface area contributed by atoms with Crippen LogP contribution in [0.15, 0.2) is 22.8 Å². The lowest BCUT2D eigenvalue weighted by molar-refractivity contribution is 0.410. The van der Waals surface area contributed by atoms with Crippen molar-refractivity contribution >= 4 is 26.8 Å². The first-order chi connectivity index (χ1) is 6.77. The molecule has 4 heteroatoms. The average molecular weight is 256 g/mol. The SMILES string of the molecule is COc1ccc(OC)c2c(Br)c[nH]c12. The van der Waals surface area contributed by atoms with Crippen LogP contribution in [0.2, 0.25) is 0 Å². The number of ether oxygens (including phenoxy) is 2. The highest BCUT2D eigenvalue weighted by Crippen LogP contribution is 2.37. The molecule has 0 fully saturated rings. The molecular weight excluding hydrogens is 246 g/mol. The summed E-state index contributed by atoms with van der Waals surface area (Å²) in [7, 11) is 3.30.